The number of hydrogen-bond donors (Lipinski definition) is 4. The molecule has 1 aliphatic carbocycles. The summed E-state index contributed by atoms with van der Waals surface area (Å²) in [5, 5.41) is 11.7. The monoisotopic (exact) mass is 554 g/mol. The summed E-state index contributed by atoms with van der Waals surface area (Å²) >= 11 is 0. The summed E-state index contributed by atoms with van der Waals surface area (Å²) in [6.07, 6.45) is 3.75. The molecule has 0 spiro atoms. The highest BCUT2D eigenvalue weighted by Gasteiger charge is 2.55. The van der Waals surface area contributed by atoms with E-state index in [1.54, 1.807) is 30.8 Å². The van der Waals surface area contributed by atoms with Crippen LogP contribution in [0.5, 0.6) is 0 Å². The Hall–Kier alpha value is -3.14. The Morgan fingerprint density at radius 2 is 1.77 bits per heavy atom. The van der Waals surface area contributed by atoms with Crippen LogP contribution in [0, 0.1) is 11.3 Å². The molecule has 10 nitrogen and oxygen atoms in total. The third-order valence-electron chi connectivity index (χ3n) is 8.96. The van der Waals surface area contributed by atoms with Crippen LogP contribution in [0.1, 0.15) is 64.0 Å². The fourth-order valence-corrected chi connectivity index (χ4v) is 6.59. The first-order chi connectivity index (χ1) is 19.0. The average Bonchev–Trinajstić information content (AvgIpc) is 3.53. The van der Waals surface area contributed by atoms with Crippen LogP contribution < -0.4 is 21.3 Å². The predicted molar refractivity (Wildman–Crippen MR) is 154 cm³/mol. The van der Waals surface area contributed by atoms with Crippen LogP contribution in [0.15, 0.2) is 24.3 Å². The predicted octanol–water partition coefficient (Wildman–Crippen LogP) is 1.60. The number of carbonyl (C=O) groups is 4. The molecule has 0 unspecified atom stereocenters. The van der Waals surface area contributed by atoms with Crippen molar-refractivity contribution in [1.29, 1.82) is 0 Å². The summed E-state index contributed by atoms with van der Waals surface area (Å²) in [5.41, 5.74) is 2.08. The molecule has 2 fully saturated rings. The van der Waals surface area contributed by atoms with Gasteiger partial charge >= 0.3 is 6.03 Å². The number of fused-ring (bicyclic) bond motifs is 2. The van der Waals surface area contributed by atoms with Crippen molar-refractivity contribution in [1.82, 2.24) is 31.1 Å². The molecule has 0 aromatic heterocycles. The maximum Gasteiger partial charge on any atom is 0.317 e. The van der Waals surface area contributed by atoms with Gasteiger partial charge in [0, 0.05) is 32.6 Å². The molecule has 0 bridgehead atoms. The Bertz CT molecular complexity index is 1120. The molecule has 4 rings (SSSR count). The van der Waals surface area contributed by atoms with E-state index in [1.807, 2.05) is 26.8 Å². The van der Waals surface area contributed by atoms with Gasteiger partial charge in [-0.1, -0.05) is 45.0 Å². The third kappa shape index (κ3) is 5.96. The number of amides is 5. The van der Waals surface area contributed by atoms with E-state index < -0.39 is 29.5 Å². The number of benzene rings is 1. The Balaban J connectivity index is 1.55. The number of hydrogen-bond acceptors (Lipinski definition) is 5. The summed E-state index contributed by atoms with van der Waals surface area (Å²) in [6, 6.07) is 6.23. The fraction of sp³-hybridized carbons (Fsp3) is 0.667. The van der Waals surface area contributed by atoms with Gasteiger partial charge in [0.05, 0.1) is 24.0 Å². The van der Waals surface area contributed by atoms with Gasteiger partial charge in [0.1, 0.15) is 6.04 Å². The molecule has 2 aliphatic heterocycles. The van der Waals surface area contributed by atoms with Crippen LogP contribution in [0.2, 0.25) is 0 Å². The number of nitrogens with zero attached hydrogens (tertiary/aromatic N) is 2. The molecule has 2 saturated heterocycles. The van der Waals surface area contributed by atoms with Gasteiger partial charge in [-0.05, 0) is 56.2 Å². The van der Waals surface area contributed by atoms with Crippen LogP contribution in [-0.4, -0.2) is 91.4 Å². The molecule has 0 saturated carbocycles. The van der Waals surface area contributed by atoms with Crippen molar-refractivity contribution in [3.63, 3.8) is 0 Å². The number of nitrogens with one attached hydrogen (secondary N) is 4. The van der Waals surface area contributed by atoms with Gasteiger partial charge in [0.25, 0.3) is 0 Å². The van der Waals surface area contributed by atoms with E-state index in [0.717, 1.165) is 19.3 Å². The van der Waals surface area contributed by atoms with Crippen molar-refractivity contribution in [3.05, 3.63) is 35.4 Å². The summed E-state index contributed by atoms with van der Waals surface area (Å²) in [6.45, 7) is 8.71. The topological polar surface area (TPSA) is 123 Å². The second-order valence-corrected chi connectivity index (χ2v) is 12.5. The Morgan fingerprint density at radius 1 is 1.05 bits per heavy atom. The number of likely N-dealkylation sites (N-methyl/N-ethyl adjacent to an activating group) is 1. The van der Waals surface area contributed by atoms with Crippen LogP contribution in [0.25, 0.3) is 0 Å². The molecule has 0 radical (unpaired) electrons. The van der Waals surface area contributed by atoms with Crippen molar-refractivity contribution < 1.29 is 19.2 Å². The van der Waals surface area contributed by atoms with Gasteiger partial charge in [-0.3, -0.25) is 14.4 Å². The molecule has 3 aliphatic rings. The van der Waals surface area contributed by atoms with E-state index in [0.29, 0.717) is 19.5 Å². The molecule has 1 aromatic rings. The number of rotatable bonds is 7. The standard InChI is InChI=1S/C30H46N6O4/c1-18(31-5)26(37)34-25(30(2,3)4)28(39)35-15-14-23-24(35)22(17-36(23)29(40)32-6)27(38)33-16-20-12-9-11-19-10-7-8-13-21(19)20/h7-8,10,13,18,20,22-25,31H,9,11-12,14-17H2,1-6H3,(H,32,40)(H,33,38)(H,34,37)/t18-,20-,22-,23+,24+,25+/m0/s1. The average molecular weight is 555 g/mol. The normalized spacial score (nSPS) is 25.4. The van der Waals surface area contributed by atoms with E-state index >= 15 is 0 Å². The lowest BCUT2D eigenvalue weighted by molar-refractivity contribution is -0.142. The number of carbonyl (C=O) groups excluding carboxylic acids is 4. The Labute approximate surface area is 238 Å². The van der Waals surface area contributed by atoms with E-state index in [-0.39, 0.29) is 42.3 Å². The lowest BCUT2D eigenvalue weighted by Gasteiger charge is -2.37. The summed E-state index contributed by atoms with van der Waals surface area (Å²) in [7, 11) is 3.28. The first kappa shape index (κ1) is 29.8. The molecule has 4 N–H and O–H groups in total. The van der Waals surface area contributed by atoms with Crippen LogP contribution in [-0.2, 0) is 20.8 Å². The summed E-state index contributed by atoms with van der Waals surface area (Å²) in [4.78, 5) is 56.9. The second kappa shape index (κ2) is 12.2. The molecule has 6 atom stereocenters. The lowest BCUT2D eigenvalue weighted by atomic mass is 9.82. The zero-order chi connectivity index (χ0) is 29.2. The van der Waals surface area contributed by atoms with Gasteiger partial charge < -0.3 is 31.1 Å². The van der Waals surface area contributed by atoms with Crippen molar-refractivity contribution in [3.8, 4) is 0 Å². The molecule has 1 aromatic carbocycles. The fourth-order valence-electron chi connectivity index (χ4n) is 6.59. The highest BCUT2D eigenvalue weighted by molar-refractivity contribution is 5.91. The molecule has 5 amide bonds. The molecule has 40 heavy (non-hydrogen) atoms. The zero-order valence-corrected chi connectivity index (χ0v) is 24.8. The van der Waals surface area contributed by atoms with E-state index in [4.69, 9.17) is 0 Å². The van der Waals surface area contributed by atoms with E-state index in [1.165, 1.54) is 11.1 Å². The third-order valence-corrected chi connectivity index (χ3v) is 8.96. The van der Waals surface area contributed by atoms with Crippen molar-refractivity contribution in [2.75, 3.05) is 33.7 Å². The number of urea groups is 1. The van der Waals surface area contributed by atoms with Crippen LogP contribution in [0.4, 0.5) is 4.79 Å². The lowest BCUT2D eigenvalue weighted by Crippen LogP contribution is -2.59. The molecule has 2 heterocycles. The largest absolute Gasteiger partial charge is 0.355 e. The first-order valence-electron chi connectivity index (χ1n) is 14.6. The SMILES string of the molecule is CNC(=O)N1C[C@H](C(=O)NC[C@@H]2CCCc3ccccc32)[C@@H]2[C@H]1CCN2C(=O)[C@@H](NC(=O)[C@H](C)NC)C(C)(C)C. The minimum absolute atomic E-state index is 0.135. The molecule has 10 heteroatoms. The smallest absolute Gasteiger partial charge is 0.317 e. The summed E-state index contributed by atoms with van der Waals surface area (Å²) < 4.78 is 0. The highest BCUT2D eigenvalue weighted by atomic mass is 16.2. The molecular formula is C30H46N6O4. The minimum Gasteiger partial charge on any atom is -0.355 e. The maximum absolute atomic E-state index is 14.1. The molecular weight excluding hydrogens is 508 g/mol. The van der Waals surface area contributed by atoms with Crippen molar-refractivity contribution in [2.24, 2.45) is 11.3 Å². The highest BCUT2D eigenvalue weighted by Crippen LogP contribution is 2.38. The Morgan fingerprint density at radius 3 is 2.45 bits per heavy atom. The van der Waals surface area contributed by atoms with Gasteiger partial charge in [-0.15, -0.1) is 0 Å². The Kier molecular flexibility index (Phi) is 9.07. The van der Waals surface area contributed by atoms with Crippen molar-refractivity contribution >= 4 is 23.8 Å². The van der Waals surface area contributed by atoms with Crippen molar-refractivity contribution in [2.45, 2.75) is 83.5 Å². The molecule has 220 valence electrons. The summed E-state index contributed by atoms with van der Waals surface area (Å²) in [5.74, 6) is -0.914. The van der Waals surface area contributed by atoms with Gasteiger partial charge in [-0.25, -0.2) is 4.79 Å². The van der Waals surface area contributed by atoms with E-state index in [9.17, 15) is 19.2 Å². The zero-order valence-electron chi connectivity index (χ0n) is 24.8. The minimum atomic E-state index is -0.772. The van der Waals surface area contributed by atoms with E-state index in [2.05, 4.69) is 39.5 Å². The van der Waals surface area contributed by atoms with Gasteiger partial charge in [-0.2, -0.15) is 0 Å². The van der Waals surface area contributed by atoms with Crippen LogP contribution >= 0.6 is 0 Å². The number of aryl methyl sites for hydroxylation is 1. The second-order valence-electron chi connectivity index (χ2n) is 12.5. The van der Waals surface area contributed by atoms with Crippen LogP contribution in [0.3, 0.4) is 0 Å². The maximum atomic E-state index is 14.1. The quantitative estimate of drug-likeness (QED) is 0.408. The first-order valence-corrected chi connectivity index (χ1v) is 14.6. The van der Waals surface area contributed by atoms with Gasteiger partial charge in [0.15, 0.2) is 0 Å². The number of likely N-dealkylation sites (tertiary alicyclic amines) is 2. The van der Waals surface area contributed by atoms with Gasteiger partial charge in [0.2, 0.25) is 17.7 Å².